The maximum atomic E-state index is 11.9. The minimum atomic E-state index is -0.583. The number of urea groups is 1. The molecule has 6 nitrogen and oxygen atoms in total. The van der Waals surface area contributed by atoms with Crippen molar-refractivity contribution in [3.63, 3.8) is 0 Å². The molecule has 3 amide bonds. The molecule has 2 bridgehead atoms. The Balaban J connectivity index is 1.25. The SMILES string of the molecule is O=C(COC(=O)C[C@@H]1C[C@@H]2CC[C@H]1C2)NC(=O)NCCC1=CCCCC1. The van der Waals surface area contributed by atoms with Gasteiger partial charge in [-0.05, 0) is 69.1 Å². The molecule has 3 aliphatic rings. The van der Waals surface area contributed by atoms with E-state index in [0.717, 1.165) is 31.6 Å². The Morgan fingerprint density at radius 1 is 1.15 bits per heavy atom. The molecule has 0 saturated heterocycles. The van der Waals surface area contributed by atoms with Crippen LogP contribution in [0.1, 0.15) is 64.2 Å². The number of fused-ring (bicyclic) bond motifs is 2. The molecule has 0 heterocycles. The molecular formula is C20H30N2O4. The highest BCUT2D eigenvalue weighted by molar-refractivity contribution is 5.95. The second-order valence-corrected chi connectivity index (χ2v) is 7.96. The first-order valence-electron chi connectivity index (χ1n) is 10.0. The molecule has 2 N–H and O–H groups in total. The van der Waals surface area contributed by atoms with Crippen molar-refractivity contribution in [1.82, 2.24) is 10.6 Å². The summed E-state index contributed by atoms with van der Waals surface area (Å²) in [6.07, 6.45) is 13.0. The number of carbonyl (C=O) groups is 3. The fraction of sp³-hybridized carbons (Fsp3) is 0.750. The summed E-state index contributed by atoms with van der Waals surface area (Å²) >= 11 is 0. The van der Waals surface area contributed by atoms with Crippen molar-refractivity contribution in [2.24, 2.45) is 17.8 Å². The molecule has 6 heteroatoms. The predicted molar refractivity (Wildman–Crippen MR) is 97.2 cm³/mol. The van der Waals surface area contributed by atoms with Crippen LogP contribution in [0.25, 0.3) is 0 Å². The highest BCUT2D eigenvalue weighted by Gasteiger charge is 2.40. The van der Waals surface area contributed by atoms with E-state index in [-0.39, 0.29) is 5.97 Å². The third kappa shape index (κ3) is 5.58. The van der Waals surface area contributed by atoms with Crippen LogP contribution in [0, 0.1) is 17.8 Å². The summed E-state index contributed by atoms with van der Waals surface area (Å²) < 4.78 is 5.03. The van der Waals surface area contributed by atoms with Gasteiger partial charge in [-0.15, -0.1) is 0 Å². The first-order chi connectivity index (χ1) is 12.6. The number of rotatable bonds is 7. The highest BCUT2D eigenvalue weighted by atomic mass is 16.5. The van der Waals surface area contributed by atoms with Crippen LogP contribution in [-0.4, -0.2) is 31.1 Å². The second kappa shape index (κ2) is 9.19. The van der Waals surface area contributed by atoms with Crippen molar-refractivity contribution >= 4 is 17.9 Å². The maximum Gasteiger partial charge on any atom is 0.321 e. The molecule has 3 rings (SSSR count). The number of hydrogen-bond donors (Lipinski definition) is 2. The van der Waals surface area contributed by atoms with Gasteiger partial charge in [0.25, 0.3) is 5.91 Å². The summed E-state index contributed by atoms with van der Waals surface area (Å²) in [6, 6.07) is -0.532. The van der Waals surface area contributed by atoms with Gasteiger partial charge >= 0.3 is 12.0 Å². The van der Waals surface area contributed by atoms with Crippen molar-refractivity contribution in [3.05, 3.63) is 11.6 Å². The van der Waals surface area contributed by atoms with Crippen molar-refractivity contribution in [1.29, 1.82) is 0 Å². The lowest BCUT2D eigenvalue weighted by Crippen LogP contribution is -2.41. The summed E-state index contributed by atoms with van der Waals surface area (Å²) in [6.45, 7) is 0.118. The van der Waals surface area contributed by atoms with E-state index in [4.69, 9.17) is 4.74 Å². The number of amides is 3. The van der Waals surface area contributed by atoms with Crippen LogP contribution in [0.4, 0.5) is 4.79 Å². The van der Waals surface area contributed by atoms with Gasteiger partial charge in [0.2, 0.25) is 0 Å². The molecule has 3 aliphatic carbocycles. The molecule has 26 heavy (non-hydrogen) atoms. The Morgan fingerprint density at radius 2 is 2.04 bits per heavy atom. The largest absolute Gasteiger partial charge is 0.456 e. The van der Waals surface area contributed by atoms with Gasteiger partial charge in [-0.1, -0.05) is 18.1 Å². The Kier molecular flexibility index (Phi) is 6.69. The number of esters is 1. The minimum Gasteiger partial charge on any atom is -0.456 e. The smallest absolute Gasteiger partial charge is 0.321 e. The van der Waals surface area contributed by atoms with E-state index in [1.165, 1.54) is 37.7 Å². The van der Waals surface area contributed by atoms with Gasteiger partial charge in [-0.25, -0.2) is 4.79 Å². The van der Waals surface area contributed by atoms with Crippen molar-refractivity contribution in [2.75, 3.05) is 13.2 Å². The van der Waals surface area contributed by atoms with Crippen LogP contribution >= 0.6 is 0 Å². The molecular weight excluding hydrogens is 332 g/mol. The quantitative estimate of drug-likeness (QED) is 0.538. The van der Waals surface area contributed by atoms with Crippen molar-refractivity contribution < 1.29 is 19.1 Å². The van der Waals surface area contributed by atoms with Crippen LogP contribution in [0.15, 0.2) is 11.6 Å². The molecule has 0 aromatic rings. The van der Waals surface area contributed by atoms with Crippen LogP contribution in [0.3, 0.4) is 0 Å². The van der Waals surface area contributed by atoms with Gasteiger partial charge in [-0.3, -0.25) is 14.9 Å². The number of allylic oxidation sites excluding steroid dienone is 1. The van der Waals surface area contributed by atoms with E-state index in [2.05, 4.69) is 16.7 Å². The number of hydrogen-bond acceptors (Lipinski definition) is 4. The topological polar surface area (TPSA) is 84.5 Å². The zero-order valence-corrected chi connectivity index (χ0v) is 15.4. The third-order valence-electron chi connectivity index (χ3n) is 6.05. The fourth-order valence-corrected chi connectivity index (χ4v) is 4.72. The number of ether oxygens (including phenoxy) is 1. The predicted octanol–water partition coefficient (Wildman–Crippen LogP) is 3.07. The van der Waals surface area contributed by atoms with E-state index >= 15 is 0 Å². The molecule has 144 valence electrons. The van der Waals surface area contributed by atoms with Crippen molar-refractivity contribution in [2.45, 2.75) is 64.2 Å². The Morgan fingerprint density at radius 3 is 2.73 bits per heavy atom. The van der Waals surface area contributed by atoms with E-state index in [1.807, 2.05) is 0 Å². The molecule has 3 atom stereocenters. The molecule has 0 aromatic heterocycles. The van der Waals surface area contributed by atoms with Gasteiger partial charge in [0.15, 0.2) is 6.61 Å². The molecule has 0 aromatic carbocycles. The summed E-state index contributed by atoms with van der Waals surface area (Å²) in [7, 11) is 0. The molecule has 0 radical (unpaired) electrons. The number of imide groups is 1. The molecule has 2 fully saturated rings. The number of nitrogens with one attached hydrogen (secondary N) is 2. The average molecular weight is 362 g/mol. The van der Waals surface area contributed by atoms with Crippen molar-refractivity contribution in [3.8, 4) is 0 Å². The van der Waals surface area contributed by atoms with Crippen LogP contribution < -0.4 is 10.6 Å². The first kappa shape index (κ1) is 18.9. The average Bonchev–Trinajstić information content (AvgIpc) is 3.24. The van der Waals surface area contributed by atoms with Gasteiger partial charge in [0.1, 0.15) is 0 Å². The normalized spacial score (nSPS) is 26.9. The van der Waals surface area contributed by atoms with Crippen LogP contribution in [0.2, 0.25) is 0 Å². The van der Waals surface area contributed by atoms with Gasteiger partial charge in [0.05, 0.1) is 0 Å². The Hall–Kier alpha value is -1.85. The lowest BCUT2D eigenvalue weighted by molar-refractivity contribution is -0.149. The zero-order chi connectivity index (χ0) is 18.4. The monoisotopic (exact) mass is 362 g/mol. The van der Waals surface area contributed by atoms with Gasteiger partial charge in [-0.2, -0.15) is 0 Å². The lowest BCUT2D eigenvalue weighted by Gasteiger charge is -2.20. The standard InChI is InChI=1S/C20H30N2O4/c23-18(22-20(25)21-9-8-14-4-2-1-3-5-14)13-26-19(24)12-17-11-15-6-7-16(17)10-15/h4,15-17H,1-3,5-13H2,(H2,21,22,23,25)/t15-,16+,17+/m1/s1. The fourth-order valence-electron chi connectivity index (χ4n) is 4.72. The second-order valence-electron chi connectivity index (χ2n) is 7.96. The summed E-state index contributed by atoms with van der Waals surface area (Å²) in [5.41, 5.74) is 1.37. The molecule has 0 unspecified atom stereocenters. The molecule has 2 saturated carbocycles. The van der Waals surface area contributed by atoms with E-state index < -0.39 is 18.5 Å². The third-order valence-corrected chi connectivity index (χ3v) is 6.05. The lowest BCUT2D eigenvalue weighted by atomic mass is 9.86. The van der Waals surface area contributed by atoms with Gasteiger partial charge < -0.3 is 10.1 Å². The Labute approximate surface area is 155 Å². The summed E-state index contributed by atoms with van der Waals surface area (Å²) in [5, 5.41) is 4.88. The minimum absolute atomic E-state index is 0.331. The van der Waals surface area contributed by atoms with Crippen LogP contribution in [-0.2, 0) is 14.3 Å². The molecule has 0 spiro atoms. The Bertz CT molecular complexity index is 572. The number of carbonyl (C=O) groups excluding carboxylic acids is 3. The summed E-state index contributed by atoms with van der Waals surface area (Å²) in [5.74, 6) is 0.949. The highest BCUT2D eigenvalue weighted by Crippen LogP contribution is 2.49. The van der Waals surface area contributed by atoms with E-state index in [1.54, 1.807) is 0 Å². The van der Waals surface area contributed by atoms with E-state index in [0.29, 0.717) is 24.8 Å². The summed E-state index contributed by atoms with van der Waals surface area (Å²) in [4.78, 5) is 35.3. The molecule has 0 aliphatic heterocycles. The zero-order valence-electron chi connectivity index (χ0n) is 15.4. The van der Waals surface area contributed by atoms with E-state index in [9.17, 15) is 14.4 Å². The first-order valence-corrected chi connectivity index (χ1v) is 10.0. The van der Waals surface area contributed by atoms with Gasteiger partial charge in [0, 0.05) is 13.0 Å². The van der Waals surface area contributed by atoms with Crippen LogP contribution in [0.5, 0.6) is 0 Å². The maximum absolute atomic E-state index is 11.9.